The highest BCUT2D eigenvalue weighted by Crippen LogP contribution is 2.45. The molecule has 0 unspecified atom stereocenters. The molecule has 0 atom stereocenters. The molecule has 1 aromatic rings. The molecule has 1 saturated carbocycles. The third kappa shape index (κ3) is 2.42. The Morgan fingerprint density at radius 3 is 2.50 bits per heavy atom. The van der Waals surface area contributed by atoms with Gasteiger partial charge in [0.15, 0.2) is 11.5 Å². The minimum atomic E-state index is -0.378. The van der Waals surface area contributed by atoms with E-state index in [2.05, 4.69) is 11.7 Å². The summed E-state index contributed by atoms with van der Waals surface area (Å²) in [6, 6.07) is 5.10. The summed E-state index contributed by atoms with van der Waals surface area (Å²) in [7, 11) is 2.92. The lowest BCUT2D eigenvalue weighted by Crippen LogP contribution is -2.17. The van der Waals surface area contributed by atoms with Crippen LogP contribution in [0.15, 0.2) is 18.2 Å². The van der Waals surface area contributed by atoms with E-state index in [1.54, 1.807) is 25.3 Å². The Morgan fingerprint density at radius 1 is 1.28 bits per heavy atom. The predicted octanol–water partition coefficient (Wildman–Crippen LogP) is 2.80. The molecule has 0 heterocycles. The van der Waals surface area contributed by atoms with Crippen LogP contribution >= 0.6 is 0 Å². The van der Waals surface area contributed by atoms with E-state index in [1.165, 1.54) is 7.11 Å². The molecule has 4 nitrogen and oxygen atoms in total. The third-order valence-electron chi connectivity index (χ3n) is 3.36. The number of hydrogen-bond donors (Lipinski definition) is 0. The number of methoxy groups -OCH3 is 2. The molecule has 1 aromatic carbocycles. The average molecular weight is 250 g/mol. The molecular weight excluding hydrogens is 232 g/mol. The fourth-order valence-electron chi connectivity index (χ4n) is 1.90. The molecular formula is C14H18O4. The van der Waals surface area contributed by atoms with Crippen LogP contribution in [0.1, 0.15) is 36.5 Å². The van der Waals surface area contributed by atoms with Gasteiger partial charge in [-0.25, -0.2) is 4.79 Å². The summed E-state index contributed by atoms with van der Waals surface area (Å²) >= 11 is 0. The minimum Gasteiger partial charge on any atom is -0.493 e. The van der Waals surface area contributed by atoms with Crippen molar-refractivity contribution in [3.8, 4) is 11.5 Å². The van der Waals surface area contributed by atoms with Crippen molar-refractivity contribution in [1.82, 2.24) is 0 Å². The van der Waals surface area contributed by atoms with Crippen molar-refractivity contribution in [2.45, 2.75) is 31.8 Å². The lowest BCUT2D eigenvalue weighted by atomic mass is 10.2. The Bertz CT molecular complexity index is 449. The van der Waals surface area contributed by atoms with Crippen LogP contribution in [-0.2, 0) is 4.74 Å². The first-order valence-electron chi connectivity index (χ1n) is 6.09. The number of hydrogen-bond acceptors (Lipinski definition) is 4. The molecule has 2 rings (SSSR count). The molecule has 0 aliphatic heterocycles. The van der Waals surface area contributed by atoms with E-state index in [0.717, 1.165) is 19.3 Å². The Hall–Kier alpha value is -1.71. The van der Waals surface area contributed by atoms with Gasteiger partial charge in [0, 0.05) is 0 Å². The number of benzene rings is 1. The van der Waals surface area contributed by atoms with Gasteiger partial charge in [-0.05, 0) is 37.5 Å². The van der Waals surface area contributed by atoms with Gasteiger partial charge in [0.25, 0.3) is 0 Å². The van der Waals surface area contributed by atoms with Crippen LogP contribution in [0.25, 0.3) is 0 Å². The lowest BCUT2D eigenvalue weighted by molar-refractivity contribution is 0.0600. The van der Waals surface area contributed by atoms with Crippen LogP contribution < -0.4 is 9.47 Å². The molecule has 1 aliphatic carbocycles. The highest BCUT2D eigenvalue weighted by atomic mass is 16.5. The van der Waals surface area contributed by atoms with Crippen LogP contribution in [0, 0.1) is 0 Å². The third-order valence-corrected chi connectivity index (χ3v) is 3.36. The molecule has 0 radical (unpaired) electrons. The van der Waals surface area contributed by atoms with E-state index in [4.69, 9.17) is 9.47 Å². The van der Waals surface area contributed by atoms with Crippen LogP contribution in [0.3, 0.4) is 0 Å². The van der Waals surface area contributed by atoms with Gasteiger partial charge < -0.3 is 14.2 Å². The van der Waals surface area contributed by atoms with E-state index in [1.807, 2.05) is 0 Å². The highest BCUT2D eigenvalue weighted by molar-refractivity contribution is 5.90. The van der Waals surface area contributed by atoms with E-state index in [9.17, 15) is 4.79 Å². The monoisotopic (exact) mass is 250 g/mol. The molecule has 4 heteroatoms. The summed E-state index contributed by atoms with van der Waals surface area (Å²) in [5.41, 5.74) is 0.433. The summed E-state index contributed by atoms with van der Waals surface area (Å²) in [5.74, 6) is 0.874. The maximum absolute atomic E-state index is 11.4. The van der Waals surface area contributed by atoms with Gasteiger partial charge in [-0.15, -0.1) is 0 Å². The summed E-state index contributed by atoms with van der Waals surface area (Å²) < 4.78 is 15.9. The fourth-order valence-corrected chi connectivity index (χ4v) is 1.90. The summed E-state index contributed by atoms with van der Waals surface area (Å²) in [6.07, 6.45) is 3.13. The average Bonchev–Trinajstić information content (AvgIpc) is 3.18. The first kappa shape index (κ1) is 12.7. The van der Waals surface area contributed by atoms with E-state index in [0.29, 0.717) is 17.1 Å². The quantitative estimate of drug-likeness (QED) is 0.754. The van der Waals surface area contributed by atoms with Crippen molar-refractivity contribution in [2.24, 2.45) is 0 Å². The highest BCUT2D eigenvalue weighted by Gasteiger charge is 2.44. The summed E-state index contributed by atoms with van der Waals surface area (Å²) in [4.78, 5) is 11.4. The fraction of sp³-hybridized carbons (Fsp3) is 0.500. The van der Waals surface area contributed by atoms with Crippen molar-refractivity contribution in [1.29, 1.82) is 0 Å². The SMILES string of the molecule is CCC1(Oc2ccc(C(=O)OC)cc2OC)CC1. The van der Waals surface area contributed by atoms with Gasteiger partial charge in [-0.2, -0.15) is 0 Å². The Morgan fingerprint density at radius 2 is 2.00 bits per heavy atom. The smallest absolute Gasteiger partial charge is 0.337 e. The largest absolute Gasteiger partial charge is 0.493 e. The van der Waals surface area contributed by atoms with Crippen LogP contribution in [0.2, 0.25) is 0 Å². The van der Waals surface area contributed by atoms with Gasteiger partial charge in [0.05, 0.1) is 19.8 Å². The zero-order valence-electron chi connectivity index (χ0n) is 11.0. The molecule has 0 spiro atoms. The second kappa shape index (κ2) is 4.88. The molecule has 18 heavy (non-hydrogen) atoms. The molecule has 98 valence electrons. The molecule has 0 saturated heterocycles. The molecule has 1 fully saturated rings. The van der Waals surface area contributed by atoms with Gasteiger partial charge >= 0.3 is 5.97 Å². The molecule has 0 amide bonds. The van der Waals surface area contributed by atoms with Crippen molar-refractivity contribution in [3.63, 3.8) is 0 Å². The van der Waals surface area contributed by atoms with E-state index in [-0.39, 0.29) is 11.6 Å². The number of carbonyl (C=O) groups is 1. The standard InChI is InChI=1S/C14H18O4/c1-4-14(7-8-14)18-11-6-5-10(13(15)17-3)9-12(11)16-2/h5-6,9H,4,7-8H2,1-3H3. The molecule has 0 bridgehead atoms. The summed E-state index contributed by atoms with van der Waals surface area (Å²) in [6.45, 7) is 2.11. The number of ether oxygens (including phenoxy) is 3. The van der Waals surface area contributed by atoms with Crippen molar-refractivity contribution in [2.75, 3.05) is 14.2 Å². The maximum atomic E-state index is 11.4. The Balaban J connectivity index is 2.23. The van der Waals surface area contributed by atoms with Gasteiger partial charge in [0.2, 0.25) is 0 Å². The minimum absolute atomic E-state index is 0.0277. The van der Waals surface area contributed by atoms with Crippen LogP contribution in [0.5, 0.6) is 11.5 Å². The van der Waals surface area contributed by atoms with Gasteiger partial charge in [0.1, 0.15) is 5.60 Å². The molecule has 0 aromatic heterocycles. The van der Waals surface area contributed by atoms with Crippen molar-refractivity contribution in [3.05, 3.63) is 23.8 Å². The van der Waals surface area contributed by atoms with Gasteiger partial charge in [-0.3, -0.25) is 0 Å². The number of carbonyl (C=O) groups excluding carboxylic acids is 1. The Labute approximate surface area is 107 Å². The van der Waals surface area contributed by atoms with E-state index >= 15 is 0 Å². The lowest BCUT2D eigenvalue weighted by Gasteiger charge is -2.18. The first-order valence-corrected chi connectivity index (χ1v) is 6.09. The maximum Gasteiger partial charge on any atom is 0.337 e. The molecule has 0 N–H and O–H groups in total. The van der Waals surface area contributed by atoms with Crippen molar-refractivity contribution >= 4 is 5.97 Å². The predicted molar refractivity (Wildman–Crippen MR) is 67.2 cm³/mol. The van der Waals surface area contributed by atoms with Crippen LogP contribution in [0.4, 0.5) is 0 Å². The molecule has 1 aliphatic rings. The second-order valence-corrected chi connectivity index (χ2v) is 4.50. The van der Waals surface area contributed by atoms with Crippen molar-refractivity contribution < 1.29 is 19.0 Å². The normalized spacial score (nSPS) is 15.9. The number of esters is 1. The topological polar surface area (TPSA) is 44.8 Å². The first-order chi connectivity index (χ1) is 8.64. The Kier molecular flexibility index (Phi) is 3.45. The summed E-state index contributed by atoms with van der Waals surface area (Å²) in [5, 5.41) is 0. The zero-order valence-corrected chi connectivity index (χ0v) is 11.0. The van der Waals surface area contributed by atoms with Crippen LogP contribution in [-0.4, -0.2) is 25.8 Å². The van der Waals surface area contributed by atoms with Gasteiger partial charge in [-0.1, -0.05) is 6.92 Å². The number of rotatable bonds is 5. The van der Waals surface area contributed by atoms with E-state index < -0.39 is 0 Å². The zero-order chi connectivity index (χ0) is 13.2. The second-order valence-electron chi connectivity index (χ2n) is 4.50.